The van der Waals surface area contributed by atoms with Crippen LogP contribution in [0.3, 0.4) is 0 Å². The normalized spacial score (nSPS) is 21.4. The Morgan fingerprint density at radius 3 is 2.60 bits per heavy atom. The maximum atomic E-state index is 13.2. The lowest BCUT2D eigenvalue weighted by molar-refractivity contribution is 0.0588. The Bertz CT molecular complexity index is 1020. The SMILES string of the molecule is COc1ccccc1Nc1ncccc1C(=O)N1CCN(C2CCS(=O)(=O)C2)CC1. The molecule has 9 heteroatoms. The lowest BCUT2D eigenvalue weighted by atomic mass is 10.1. The average molecular weight is 431 g/mol. The van der Waals surface area contributed by atoms with E-state index in [4.69, 9.17) is 4.74 Å². The first-order chi connectivity index (χ1) is 14.5. The number of piperazine rings is 1. The van der Waals surface area contributed by atoms with E-state index in [-0.39, 0.29) is 23.5 Å². The Balaban J connectivity index is 1.44. The molecule has 2 aliphatic heterocycles. The molecule has 1 amide bonds. The largest absolute Gasteiger partial charge is 0.495 e. The van der Waals surface area contributed by atoms with Gasteiger partial charge in [0.1, 0.15) is 11.6 Å². The minimum absolute atomic E-state index is 0.0772. The predicted molar refractivity (Wildman–Crippen MR) is 115 cm³/mol. The molecule has 2 fully saturated rings. The van der Waals surface area contributed by atoms with Crippen molar-refractivity contribution in [2.75, 3.05) is 50.1 Å². The number of pyridine rings is 1. The van der Waals surface area contributed by atoms with Crippen molar-refractivity contribution in [2.45, 2.75) is 12.5 Å². The fourth-order valence-corrected chi connectivity index (χ4v) is 5.84. The number of hydrogen-bond acceptors (Lipinski definition) is 7. The number of para-hydroxylation sites is 2. The highest BCUT2D eigenvalue weighted by atomic mass is 32.2. The van der Waals surface area contributed by atoms with Gasteiger partial charge in [0.05, 0.1) is 29.9 Å². The van der Waals surface area contributed by atoms with Crippen LogP contribution in [0.1, 0.15) is 16.8 Å². The van der Waals surface area contributed by atoms with Crippen molar-refractivity contribution >= 4 is 27.2 Å². The van der Waals surface area contributed by atoms with Crippen LogP contribution in [-0.2, 0) is 9.84 Å². The number of nitrogens with zero attached hydrogens (tertiary/aromatic N) is 3. The zero-order chi connectivity index (χ0) is 21.1. The van der Waals surface area contributed by atoms with E-state index in [9.17, 15) is 13.2 Å². The van der Waals surface area contributed by atoms with Crippen molar-refractivity contribution in [3.63, 3.8) is 0 Å². The highest BCUT2D eigenvalue weighted by Crippen LogP contribution is 2.28. The molecule has 1 N–H and O–H groups in total. The third-order valence-corrected chi connectivity index (χ3v) is 7.47. The molecule has 3 heterocycles. The Labute approximate surface area is 176 Å². The summed E-state index contributed by atoms with van der Waals surface area (Å²) in [6, 6.07) is 11.1. The molecule has 160 valence electrons. The molecule has 2 aromatic rings. The summed E-state index contributed by atoms with van der Waals surface area (Å²) in [6.45, 7) is 2.50. The summed E-state index contributed by atoms with van der Waals surface area (Å²) in [5.74, 6) is 1.57. The zero-order valence-electron chi connectivity index (χ0n) is 17.0. The van der Waals surface area contributed by atoms with Gasteiger partial charge >= 0.3 is 0 Å². The molecule has 30 heavy (non-hydrogen) atoms. The van der Waals surface area contributed by atoms with E-state index < -0.39 is 9.84 Å². The first-order valence-electron chi connectivity index (χ1n) is 10.1. The van der Waals surface area contributed by atoms with E-state index in [1.54, 1.807) is 25.4 Å². The Hall–Kier alpha value is -2.65. The molecule has 4 rings (SSSR count). The zero-order valence-corrected chi connectivity index (χ0v) is 17.8. The molecule has 0 aliphatic carbocycles. The van der Waals surface area contributed by atoms with Gasteiger partial charge in [-0.1, -0.05) is 12.1 Å². The van der Waals surface area contributed by atoms with Gasteiger partial charge in [-0.15, -0.1) is 0 Å². The van der Waals surface area contributed by atoms with Gasteiger partial charge in [0, 0.05) is 38.4 Å². The number of hydrogen-bond donors (Lipinski definition) is 1. The first kappa shape index (κ1) is 20.6. The van der Waals surface area contributed by atoms with Crippen LogP contribution in [0.25, 0.3) is 0 Å². The maximum Gasteiger partial charge on any atom is 0.257 e. The Kier molecular flexibility index (Phi) is 5.92. The predicted octanol–water partition coefficient (Wildman–Crippen LogP) is 1.78. The molecule has 0 saturated carbocycles. The fraction of sp³-hybridized carbons (Fsp3) is 0.429. The van der Waals surface area contributed by atoms with Gasteiger partial charge < -0.3 is 15.0 Å². The van der Waals surface area contributed by atoms with Gasteiger partial charge in [-0.2, -0.15) is 0 Å². The maximum absolute atomic E-state index is 13.2. The molecule has 1 unspecified atom stereocenters. The number of nitrogens with one attached hydrogen (secondary N) is 1. The third-order valence-electron chi connectivity index (χ3n) is 5.72. The number of amides is 1. The number of ether oxygens (including phenoxy) is 1. The number of aromatic nitrogens is 1. The summed E-state index contributed by atoms with van der Waals surface area (Å²) in [4.78, 5) is 21.6. The molecule has 1 aromatic carbocycles. The summed E-state index contributed by atoms with van der Waals surface area (Å²) in [5, 5.41) is 3.21. The molecule has 1 atom stereocenters. The van der Waals surface area contributed by atoms with Crippen LogP contribution in [0.4, 0.5) is 11.5 Å². The second kappa shape index (κ2) is 8.61. The summed E-state index contributed by atoms with van der Waals surface area (Å²) in [7, 11) is -1.31. The van der Waals surface area contributed by atoms with E-state index in [1.807, 2.05) is 29.2 Å². The molecule has 0 spiro atoms. The van der Waals surface area contributed by atoms with Gasteiger partial charge in [-0.05, 0) is 30.7 Å². The number of sulfone groups is 1. The van der Waals surface area contributed by atoms with E-state index in [0.717, 1.165) is 5.69 Å². The van der Waals surface area contributed by atoms with Crippen LogP contribution in [-0.4, -0.2) is 79.9 Å². The number of benzene rings is 1. The molecule has 0 radical (unpaired) electrons. The lowest BCUT2D eigenvalue weighted by Crippen LogP contribution is -2.52. The molecule has 8 nitrogen and oxygen atoms in total. The van der Waals surface area contributed by atoms with Crippen LogP contribution in [0.2, 0.25) is 0 Å². The standard InChI is InChI=1S/C21H26N4O4S/c1-29-19-7-3-2-6-18(19)23-20-17(5-4-9-22-20)21(26)25-12-10-24(11-13-25)16-8-14-30(27,28)15-16/h2-7,9,16H,8,10-15H2,1H3,(H,22,23). The lowest BCUT2D eigenvalue weighted by Gasteiger charge is -2.37. The smallest absolute Gasteiger partial charge is 0.257 e. The molecule has 0 bridgehead atoms. The minimum atomic E-state index is -2.91. The van der Waals surface area contributed by atoms with E-state index in [1.165, 1.54) is 0 Å². The summed E-state index contributed by atoms with van der Waals surface area (Å²) >= 11 is 0. The number of methoxy groups -OCH3 is 1. The Morgan fingerprint density at radius 2 is 1.90 bits per heavy atom. The minimum Gasteiger partial charge on any atom is -0.495 e. The van der Waals surface area contributed by atoms with Gasteiger partial charge in [-0.25, -0.2) is 13.4 Å². The van der Waals surface area contributed by atoms with Crippen LogP contribution < -0.4 is 10.1 Å². The van der Waals surface area contributed by atoms with Crippen LogP contribution in [0.5, 0.6) is 5.75 Å². The van der Waals surface area contributed by atoms with Crippen LogP contribution in [0, 0.1) is 0 Å². The molecule has 2 aliphatic rings. The van der Waals surface area contributed by atoms with E-state index >= 15 is 0 Å². The van der Waals surface area contributed by atoms with Gasteiger partial charge in [-0.3, -0.25) is 9.69 Å². The summed E-state index contributed by atoms with van der Waals surface area (Å²) in [5.41, 5.74) is 1.24. The quantitative estimate of drug-likeness (QED) is 0.773. The number of carbonyl (C=O) groups is 1. The van der Waals surface area contributed by atoms with Crippen LogP contribution >= 0.6 is 0 Å². The fourth-order valence-electron chi connectivity index (χ4n) is 4.08. The van der Waals surface area contributed by atoms with Crippen molar-refractivity contribution in [2.24, 2.45) is 0 Å². The van der Waals surface area contributed by atoms with E-state index in [0.29, 0.717) is 49.7 Å². The third kappa shape index (κ3) is 4.41. The average Bonchev–Trinajstić information content (AvgIpc) is 3.14. The van der Waals surface area contributed by atoms with Gasteiger partial charge in [0.15, 0.2) is 9.84 Å². The number of rotatable bonds is 5. The first-order valence-corrected chi connectivity index (χ1v) is 11.9. The van der Waals surface area contributed by atoms with Crippen molar-refractivity contribution < 1.29 is 17.9 Å². The summed E-state index contributed by atoms with van der Waals surface area (Å²) < 4.78 is 28.9. The topological polar surface area (TPSA) is 91.8 Å². The second-order valence-electron chi connectivity index (χ2n) is 7.61. The number of anilines is 2. The van der Waals surface area contributed by atoms with Crippen molar-refractivity contribution in [1.82, 2.24) is 14.8 Å². The van der Waals surface area contributed by atoms with Crippen LogP contribution in [0.15, 0.2) is 42.6 Å². The highest BCUT2D eigenvalue weighted by Gasteiger charge is 2.34. The Morgan fingerprint density at radius 1 is 1.13 bits per heavy atom. The summed E-state index contributed by atoms with van der Waals surface area (Å²) in [6.07, 6.45) is 2.33. The van der Waals surface area contributed by atoms with Gasteiger partial charge in [0.25, 0.3) is 5.91 Å². The molecule has 1 aromatic heterocycles. The molecular weight excluding hydrogens is 404 g/mol. The second-order valence-corrected chi connectivity index (χ2v) is 9.84. The molecule has 2 saturated heterocycles. The monoisotopic (exact) mass is 430 g/mol. The van der Waals surface area contributed by atoms with E-state index in [2.05, 4.69) is 15.2 Å². The molecular formula is C21H26N4O4S. The van der Waals surface area contributed by atoms with Crippen molar-refractivity contribution in [3.8, 4) is 5.75 Å². The van der Waals surface area contributed by atoms with Gasteiger partial charge in [0.2, 0.25) is 0 Å². The van der Waals surface area contributed by atoms with Crippen molar-refractivity contribution in [3.05, 3.63) is 48.2 Å². The van der Waals surface area contributed by atoms with Crippen molar-refractivity contribution in [1.29, 1.82) is 0 Å². The number of carbonyl (C=O) groups excluding carboxylic acids is 1. The highest BCUT2D eigenvalue weighted by molar-refractivity contribution is 7.91.